The van der Waals surface area contributed by atoms with Crippen LogP contribution in [0.1, 0.15) is 36.7 Å². The summed E-state index contributed by atoms with van der Waals surface area (Å²) >= 11 is 3.12. The van der Waals surface area contributed by atoms with Crippen molar-refractivity contribution in [3.63, 3.8) is 0 Å². The number of benzene rings is 2. The lowest BCUT2D eigenvalue weighted by molar-refractivity contribution is -0.119. The number of nitrogens with one attached hydrogen (secondary N) is 2. The van der Waals surface area contributed by atoms with E-state index in [4.69, 9.17) is 9.47 Å². The number of amides is 2. The summed E-state index contributed by atoms with van der Waals surface area (Å²) < 4.78 is 24.3. The number of hydrogen-bond donors (Lipinski definition) is 2. The topological polar surface area (TPSA) is 93.7 Å². The summed E-state index contributed by atoms with van der Waals surface area (Å²) in [4.78, 5) is 35.6. The van der Waals surface area contributed by atoms with Gasteiger partial charge in [0, 0.05) is 11.0 Å². The van der Waals surface area contributed by atoms with Gasteiger partial charge in [0.2, 0.25) is 0 Å². The van der Waals surface area contributed by atoms with Gasteiger partial charge in [0.05, 0.1) is 11.3 Å². The molecule has 0 aliphatic heterocycles. The standard InChI is InChI=1S/C21H22BrFN2O5/c1-21(2,3)30-20(28)24-11-13-4-6-14(7-5-13)19(27)29-12-18(26)25-17-9-8-15(22)10-16(17)23/h4-10H,11-12H2,1-3H3,(H,24,28)(H,25,26). The first-order valence-corrected chi connectivity index (χ1v) is 9.80. The Bertz CT molecular complexity index is 926. The van der Waals surface area contributed by atoms with Crippen molar-refractivity contribution >= 4 is 39.6 Å². The summed E-state index contributed by atoms with van der Waals surface area (Å²) in [5.41, 5.74) is 0.383. The van der Waals surface area contributed by atoms with E-state index in [9.17, 15) is 18.8 Å². The van der Waals surface area contributed by atoms with E-state index in [1.165, 1.54) is 24.3 Å². The van der Waals surface area contributed by atoms with Crippen molar-refractivity contribution in [2.45, 2.75) is 32.9 Å². The van der Waals surface area contributed by atoms with Gasteiger partial charge in [-0.15, -0.1) is 0 Å². The number of rotatable bonds is 6. The van der Waals surface area contributed by atoms with E-state index < -0.39 is 36.0 Å². The first-order chi connectivity index (χ1) is 14.0. The van der Waals surface area contributed by atoms with Gasteiger partial charge in [-0.25, -0.2) is 14.0 Å². The molecule has 0 aliphatic rings. The molecular formula is C21H22BrFN2O5. The van der Waals surface area contributed by atoms with Crippen LogP contribution in [0.4, 0.5) is 14.9 Å². The maximum Gasteiger partial charge on any atom is 0.407 e. The molecule has 0 unspecified atom stereocenters. The number of alkyl carbamates (subject to hydrolysis) is 1. The highest BCUT2D eigenvalue weighted by atomic mass is 79.9. The van der Waals surface area contributed by atoms with Gasteiger partial charge in [-0.3, -0.25) is 4.79 Å². The van der Waals surface area contributed by atoms with Gasteiger partial charge in [-0.1, -0.05) is 28.1 Å². The van der Waals surface area contributed by atoms with Crippen LogP contribution in [0.2, 0.25) is 0 Å². The van der Waals surface area contributed by atoms with Crippen molar-refractivity contribution in [3.8, 4) is 0 Å². The number of ether oxygens (including phenoxy) is 2. The molecule has 0 saturated carbocycles. The first-order valence-electron chi connectivity index (χ1n) is 9.01. The number of anilines is 1. The van der Waals surface area contributed by atoms with Gasteiger partial charge < -0.3 is 20.1 Å². The molecule has 2 aromatic carbocycles. The Morgan fingerprint density at radius 1 is 1.07 bits per heavy atom. The summed E-state index contributed by atoms with van der Waals surface area (Å²) in [5.74, 6) is -1.98. The molecule has 0 radical (unpaired) electrons. The summed E-state index contributed by atoms with van der Waals surface area (Å²) in [6.45, 7) is 4.97. The molecule has 2 rings (SSSR count). The Kier molecular flexibility index (Phi) is 7.93. The molecule has 2 amide bonds. The van der Waals surface area contributed by atoms with Crippen LogP contribution in [-0.4, -0.2) is 30.2 Å². The number of hydrogen-bond acceptors (Lipinski definition) is 5. The third kappa shape index (κ3) is 7.82. The van der Waals surface area contributed by atoms with Crippen LogP contribution in [0.3, 0.4) is 0 Å². The van der Waals surface area contributed by atoms with Gasteiger partial charge in [0.15, 0.2) is 6.61 Å². The van der Waals surface area contributed by atoms with E-state index in [0.717, 1.165) is 5.56 Å². The number of halogens is 2. The van der Waals surface area contributed by atoms with Crippen LogP contribution >= 0.6 is 15.9 Å². The monoisotopic (exact) mass is 480 g/mol. The second kappa shape index (κ2) is 10.2. The quantitative estimate of drug-likeness (QED) is 0.597. The third-order valence-electron chi connectivity index (χ3n) is 3.56. The number of carbonyl (C=O) groups is 3. The second-order valence-electron chi connectivity index (χ2n) is 7.30. The zero-order valence-corrected chi connectivity index (χ0v) is 18.3. The van der Waals surface area contributed by atoms with E-state index in [-0.39, 0.29) is 17.8 Å². The molecule has 2 N–H and O–H groups in total. The minimum absolute atomic E-state index is 0.0129. The fourth-order valence-corrected chi connectivity index (χ4v) is 2.57. The van der Waals surface area contributed by atoms with Crippen LogP contribution in [-0.2, 0) is 20.8 Å². The lowest BCUT2D eigenvalue weighted by atomic mass is 10.1. The molecule has 9 heteroatoms. The summed E-state index contributed by atoms with van der Waals surface area (Å²) in [6.07, 6.45) is -0.542. The largest absolute Gasteiger partial charge is 0.452 e. The van der Waals surface area contributed by atoms with E-state index in [2.05, 4.69) is 26.6 Å². The van der Waals surface area contributed by atoms with Gasteiger partial charge in [-0.2, -0.15) is 0 Å². The molecule has 0 fully saturated rings. The van der Waals surface area contributed by atoms with Crippen LogP contribution in [0, 0.1) is 5.82 Å². The zero-order valence-electron chi connectivity index (χ0n) is 16.8. The highest BCUT2D eigenvalue weighted by molar-refractivity contribution is 9.10. The third-order valence-corrected chi connectivity index (χ3v) is 4.06. The van der Waals surface area contributed by atoms with Crippen LogP contribution < -0.4 is 10.6 Å². The highest BCUT2D eigenvalue weighted by Crippen LogP contribution is 2.19. The molecule has 0 atom stereocenters. The van der Waals surface area contributed by atoms with Gasteiger partial charge >= 0.3 is 12.1 Å². The fourth-order valence-electron chi connectivity index (χ4n) is 2.24. The van der Waals surface area contributed by atoms with Crippen molar-refractivity contribution in [1.29, 1.82) is 0 Å². The first kappa shape index (κ1) is 23.3. The molecule has 0 aliphatic carbocycles. The van der Waals surface area contributed by atoms with Gasteiger partial charge in [0.1, 0.15) is 11.4 Å². The van der Waals surface area contributed by atoms with Crippen molar-refractivity contribution < 1.29 is 28.2 Å². The molecule has 30 heavy (non-hydrogen) atoms. The Morgan fingerprint density at radius 2 is 1.73 bits per heavy atom. The van der Waals surface area contributed by atoms with Crippen molar-refractivity contribution in [1.82, 2.24) is 5.32 Å². The van der Waals surface area contributed by atoms with E-state index in [0.29, 0.717) is 4.47 Å². The fraction of sp³-hybridized carbons (Fsp3) is 0.286. The maximum absolute atomic E-state index is 13.7. The predicted octanol–water partition coefficient (Wildman–Crippen LogP) is 4.41. The average Bonchev–Trinajstić information content (AvgIpc) is 2.66. The SMILES string of the molecule is CC(C)(C)OC(=O)NCc1ccc(C(=O)OCC(=O)Nc2ccc(Br)cc2F)cc1. The minimum atomic E-state index is -0.701. The second-order valence-corrected chi connectivity index (χ2v) is 8.22. The smallest absolute Gasteiger partial charge is 0.407 e. The molecule has 0 aromatic heterocycles. The lowest BCUT2D eigenvalue weighted by Crippen LogP contribution is -2.32. The Balaban J connectivity index is 1.81. The summed E-state index contributed by atoms with van der Waals surface area (Å²) in [7, 11) is 0. The Hall–Kier alpha value is -2.94. The van der Waals surface area contributed by atoms with Gasteiger partial charge in [0.25, 0.3) is 5.91 Å². The molecule has 160 valence electrons. The summed E-state index contributed by atoms with van der Waals surface area (Å²) in [6, 6.07) is 10.5. The Morgan fingerprint density at radius 3 is 2.33 bits per heavy atom. The normalized spacial score (nSPS) is 10.8. The molecule has 0 bridgehead atoms. The highest BCUT2D eigenvalue weighted by Gasteiger charge is 2.16. The van der Waals surface area contributed by atoms with E-state index in [1.54, 1.807) is 39.0 Å². The molecule has 0 spiro atoms. The molecular weight excluding hydrogens is 459 g/mol. The molecule has 0 heterocycles. The zero-order chi connectivity index (χ0) is 22.3. The minimum Gasteiger partial charge on any atom is -0.452 e. The van der Waals surface area contributed by atoms with E-state index in [1.807, 2.05) is 0 Å². The summed E-state index contributed by atoms with van der Waals surface area (Å²) in [5, 5.41) is 4.94. The predicted molar refractivity (Wildman–Crippen MR) is 113 cm³/mol. The maximum atomic E-state index is 13.7. The molecule has 0 saturated heterocycles. The van der Waals surface area contributed by atoms with Crippen molar-refractivity contribution in [2.75, 3.05) is 11.9 Å². The molecule has 7 nitrogen and oxygen atoms in total. The van der Waals surface area contributed by atoms with Crippen molar-refractivity contribution in [2.24, 2.45) is 0 Å². The average molecular weight is 481 g/mol. The van der Waals surface area contributed by atoms with Gasteiger partial charge in [-0.05, 0) is 56.7 Å². The van der Waals surface area contributed by atoms with Crippen LogP contribution in [0.25, 0.3) is 0 Å². The van der Waals surface area contributed by atoms with Crippen molar-refractivity contribution in [3.05, 3.63) is 63.9 Å². The number of carbonyl (C=O) groups excluding carboxylic acids is 3. The van der Waals surface area contributed by atoms with Crippen LogP contribution in [0.5, 0.6) is 0 Å². The van der Waals surface area contributed by atoms with Crippen LogP contribution in [0.15, 0.2) is 46.9 Å². The number of esters is 1. The Labute approximate surface area is 182 Å². The lowest BCUT2D eigenvalue weighted by Gasteiger charge is -2.19. The molecule has 2 aromatic rings. The van der Waals surface area contributed by atoms with E-state index >= 15 is 0 Å².